The van der Waals surface area contributed by atoms with Crippen molar-refractivity contribution in [1.82, 2.24) is 4.90 Å². The van der Waals surface area contributed by atoms with Crippen LogP contribution in [0.2, 0.25) is 0 Å². The van der Waals surface area contributed by atoms with Gasteiger partial charge in [0.05, 0.1) is 6.61 Å². The summed E-state index contributed by atoms with van der Waals surface area (Å²) >= 11 is 0. The van der Waals surface area contributed by atoms with Crippen LogP contribution in [0.25, 0.3) is 0 Å². The number of likely N-dealkylation sites (N-methyl/N-ethyl adjacent to an activating group) is 1. The summed E-state index contributed by atoms with van der Waals surface area (Å²) < 4.78 is 4.55. The first kappa shape index (κ1) is 13.2. The van der Waals surface area contributed by atoms with Gasteiger partial charge in [0, 0.05) is 7.05 Å². The quantitative estimate of drug-likeness (QED) is 0.323. The number of aliphatic hydroxyl groups is 1. The molecule has 1 fully saturated rings. The van der Waals surface area contributed by atoms with Gasteiger partial charge in [-0.25, -0.2) is 4.79 Å². The lowest BCUT2D eigenvalue weighted by atomic mass is 9.97. The van der Waals surface area contributed by atoms with Crippen molar-refractivity contribution in [3.63, 3.8) is 0 Å². The second-order valence-corrected chi connectivity index (χ2v) is 4.20. The summed E-state index contributed by atoms with van der Waals surface area (Å²) in [5.74, 6) is -3.24. The molecule has 0 radical (unpaired) electrons. The van der Waals surface area contributed by atoms with Crippen LogP contribution in [0.3, 0.4) is 0 Å². The summed E-state index contributed by atoms with van der Waals surface area (Å²) in [6.07, 6.45) is 0. The van der Waals surface area contributed by atoms with Crippen molar-refractivity contribution in [3.8, 4) is 0 Å². The number of hydrogen-bond acceptors (Lipinski definition) is 5. The fraction of sp³-hybridized carbons (Fsp3) is 0.545. The zero-order valence-corrected chi connectivity index (χ0v) is 10.2. The lowest BCUT2D eigenvalue weighted by molar-refractivity contribution is -0.142. The highest BCUT2D eigenvalue weighted by molar-refractivity contribution is 6.30. The first-order valence-corrected chi connectivity index (χ1v) is 5.18. The van der Waals surface area contributed by atoms with E-state index in [4.69, 9.17) is 0 Å². The monoisotopic (exact) mass is 241 g/mol. The molecule has 0 aromatic rings. The zero-order valence-electron chi connectivity index (χ0n) is 10.2. The second kappa shape index (κ2) is 4.20. The average molecular weight is 241 g/mol. The maximum Gasteiger partial charge on any atom is 0.374 e. The molecular formula is C11H15NO5. The van der Waals surface area contributed by atoms with Gasteiger partial charge in [-0.1, -0.05) is 0 Å². The molecule has 94 valence electrons. The van der Waals surface area contributed by atoms with Crippen molar-refractivity contribution in [1.29, 1.82) is 0 Å². The number of ether oxygens (including phenoxy) is 1. The van der Waals surface area contributed by atoms with Gasteiger partial charge in [-0.2, -0.15) is 0 Å². The molecule has 0 bridgehead atoms. The molecule has 1 N–H and O–H groups in total. The standard InChI is InChI=1S/C11H15NO5/c1-5-17-10(16)7(13)6-8(14)11(2,3)12(4)9(6)15/h13H,5H2,1-4H3/b7-6-. The predicted octanol–water partition coefficient (Wildman–Crippen LogP) is 0.181. The molecule has 1 aliphatic rings. The van der Waals surface area contributed by atoms with E-state index in [1.54, 1.807) is 20.8 Å². The molecule has 0 aliphatic carbocycles. The molecule has 6 heteroatoms. The molecule has 0 aromatic heterocycles. The minimum Gasteiger partial charge on any atom is -0.501 e. The third-order valence-corrected chi connectivity index (χ3v) is 2.85. The third-order valence-electron chi connectivity index (χ3n) is 2.85. The van der Waals surface area contributed by atoms with Crippen LogP contribution in [0, 0.1) is 0 Å². The van der Waals surface area contributed by atoms with E-state index in [1.165, 1.54) is 11.9 Å². The van der Waals surface area contributed by atoms with E-state index in [0.717, 1.165) is 0 Å². The Bertz CT molecular complexity index is 422. The highest BCUT2D eigenvalue weighted by Crippen LogP contribution is 2.29. The molecule has 6 nitrogen and oxygen atoms in total. The van der Waals surface area contributed by atoms with Gasteiger partial charge in [0.25, 0.3) is 5.91 Å². The Morgan fingerprint density at radius 1 is 1.41 bits per heavy atom. The summed E-state index contributed by atoms with van der Waals surface area (Å²) in [6.45, 7) is 4.69. The molecule has 0 atom stereocenters. The van der Waals surface area contributed by atoms with Crippen molar-refractivity contribution in [2.75, 3.05) is 13.7 Å². The van der Waals surface area contributed by atoms with E-state index in [2.05, 4.69) is 4.74 Å². The van der Waals surface area contributed by atoms with Gasteiger partial charge >= 0.3 is 5.97 Å². The first-order valence-electron chi connectivity index (χ1n) is 5.18. The van der Waals surface area contributed by atoms with Crippen LogP contribution in [0.5, 0.6) is 0 Å². The van der Waals surface area contributed by atoms with E-state index in [0.29, 0.717) is 0 Å². The maximum absolute atomic E-state index is 11.9. The number of nitrogens with zero attached hydrogens (tertiary/aromatic N) is 1. The van der Waals surface area contributed by atoms with Gasteiger partial charge < -0.3 is 14.7 Å². The highest BCUT2D eigenvalue weighted by Gasteiger charge is 2.50. The average Bonchev–Trinajstić information content (AvgIpc) is 2.40. The number of aliphatic hydroxyl groups excluding tert-OH is 1. The number of Topliss-reactive ketones (excluding diaryl/α,β-unsaturated/α-hetero) is 1. The Kier molecular flexibility index (Phi) is 3.26. The van der Waals surface area contributed by atoms with Gasteiger partial charge in [-0.3, -0.25) is 9.59 Å². The molecule has 17 heavy (non-hydrogen) atoms. The fourth-order valence-corrected chi connectivity index (χ4v) is 1.49. The van der Waals surface area contributed by atoms with Crippen LogP contribution in [-0.4, -0.2) is 46.9 Å². The Morgan fingerprint density at radius 3 is 2.29 bits per heavy atom. The summed E-state index contributed by atoms with van der Waals surface area (Å²) in [5, 5.41) is 9.58. The molecule has 0 saturated carbocycles. The first-order chi connectivity index (χ1) is 7.75. The van der Waals surface area contributed by atoms with Gasteiger partial charge in [0.1, 0.15) is 11.1 Å². The summed E-state index contributed by atoms with van der Waals surface area (Å²) in [4.78, 5) is 36.1. The minimum atomic E-state index is -1.06. The Labute approximate surface area is 98.8 Å². The molecular weight excluding hydrogens is 226 g/mol. The van der Waals surface area contributed by atoms with Crippen molar-refractivity contribution in [2.24, 2.45) is 0 Å². The van der Waals surface area contributed by atoms with Crippen LogP contribution < -0.4 is 0 Å². The van der Waals surface area contributed by atoms with Crippen molar-refractivity contribution in [2.45, 2.75) is 26.3 Å². The van der Waals surface area contributed by atoms with Gasteiger partial charge in [0.15, 0.2) is 5.78 Å². The van der Waals surface area contributed by atoms with Crippen LogP contribution in [0.4, 0.5) is 0 Å². The number of carbonyl (C=O) groups is 3. The van der Waals surface area contributed by atoms with Gasteiger partial charge in [-0.05, 0) is 20.8 Å². The minimum absolute atomic E-state index is 0.0534. The van der Waals surface area contributed by atoms with E-state index in [9.17, 15) is 19.5 Å². The Hall–Kier alpha value is -1.85. The molecule has 1 amide bonds. The second-order valence-electron chi connectivity index (χ2n) is 4.20. The van der Waals surface area contributed by atoms with Crippen molar-refractivity contribution >= 4 is 17.7 Å². The number of ketones is 1. The lowest BCUT2D eigenvalue weighted by Crippen LogP contribution is -2.41. The molecule has 1 rings (SSSR count). The Morgan fingerprint density at radius 2 is 1.94 bits per heavy atom. The van der Waals surface area contributed by atoms with Crippen LogP contribution in [0.15, 0.2) is 11.3 Å². The Balaban J connectivity index is 3.24. The van der Waals surface area contributed by atoms with E-state index in [1.807, 2.05) is 0 Å². The molecule has 1 saturated heterocycles. The normalized spacial score (nSPS) is 21.8. The predicted molar refractivity (Wildman–Crippen MR) is 58.1 cm³/mol. The SMILES string of the molecule is CCOC(=O)/C(O)=C1/C(=O)N(C)C(C)(C)C1=O. The van der Waals surface area contributed by atoms with Crippen LogP contribution in [-0.2, 0) is 19.1 Å². The van der Waals surface area contributed by atoms with E-state index < -0.39 is 34.5 Å². The van der Waals surface area contributed by atoms with Crippen LogP contribution >= 0.6 is 0 Å². The number of amides is 1. The van der Waals surface area contributed by atoms with Crippen molar-refractivity contribution < 1.29 is 24.2 Å². The molecule has 0 spiro atoms. The smallest absolute Gasteiger partial charge is 0.374 e. The fourth-order valence-electron chi connectivity index (χ4n) is 1.49. The summed E-state index contributed by atoms with van der Waals surface area (Å²) in [6, 6.07) is 0. The molecule has 1 heterocycles. The maximum atomic E-state index is 11.9. The third kappa shape index (κ3) is 1.90. The van der Waals surface area contributed by atoms with Gasteiger partial charge in [-0.15, -0.1) is 0 Å². The molecule has 0 aromatic carbocycles. The number of carbonyl (C=O) groups excluding carboxylic acids is 3. The lowest BCUT2D eigenvalue weighted by Gasteiger charge is -2.24. The molecule has 0 unspecified atom stereocenters. The summed E-state index contributed by atoms with van der Waals surface area (Å²) in [5.41, 5.74) is -1.57. The van der Waals surface area contributed by atoms with Gasteiger partial charge in [0.2, 0.25) is 5.76 Å². The molecule has 1 aliphatic heterocycles. The van der Waals surface area contributed by atoms with Crippen molar-refractivity contribution in [3.05, 3.63) is 11.3 Å². The number of hydrogen-bond donors (Lipinski definition) is 1. The van der Waals surface area contributed by atoms with Crippen LogP contribution in [0.1, 0.15) is 20.8 Å². The topological polar surface area (TPSA) is 83.9 Å². The number of rotatable bonds is 2. The summed E-state index contributed by atoms with van der Waals surface area (Å²) in [7, 11) is 1.44. The largest absolute Gasteiger partial charge is 0.501 e. The highest BCUT2D eigenvalue weighted by atomic mass is 16.5. The number of esters is 1. The zero-order chi connectivity index (χ0) is 13.4. The van der Waals surface area contributed by atoms with E-state index in [-0.39, 0.29) is 6.61 Å². The number of likely N-dealkylation sites (tertiary alicyclic amines) is 1. The van der Waals surface area contributed by atoms with E-state index >= 15 is 0 Å².